The summed E-state index contributed by atoms with van der Waals surface area (Å²) in [6, 6.07) is 7.35. The maximum atomic E-state index is 13.2. The van der Waals surface area contributed by atoms with E-state index in [-0.39, 0.29) is 29.2 Å². The minimum atomic E-state index is -0.175. The number of halogens is 1. The number of hydrogen-bond donors (Lipinski definition) is 1. The van der Waals surface area contributed by atoms with Crippen molar-refractivity contribution in [3.05, 3.63) is 34.9 Å². The third-order valence-electron chi connectivity index (χ3n) is 6.76. The van der Waals surface area contributed by atoms with Gasteiger partial charge in [0.15, 0.2) is 0 Å². The molecule has 6 heteroatoms. The molecule has 1 aliphatic carbocycles. The molecule has 2 aliphatic heterocycles. The summed E-state index contributed by atoms with van der Waals surface area (Å²) in [7, 11) is 0. The number of amides is 2. The zero-order valence-corrected chi connectivity index (χ0v) is 17.0. The number of rotatable bonds is 3. The molecule has 1 aromatic rings. The van der Waals surface area contributed by atoms with Gasteiger partial charge in [-0.05, 0) is 43.9 Å². The van der Waals surface area contributed by atoms with Crippen LogP contribution in [0.3, 0.4) is 0 Å². The molecule has 2 saturated heterocycles. The van der Waals surface area contributed by atoms with Crippen LogP contribution in [0.15, 0.2) is 24.3 Å². The van der Waals surface area contributed by atoms with Crippen molar-refractivity contribution in [1.29, 1.82) is 0 Å². The van der Waals surface area contributed by atoms with Crippen LogP contribution in [0.25, 0.3) is 0 Å². The Morgan fingerprint density at radius 3 is 2.61 bits per heavy atom. The number of nitrogens with one attached hydrogen (secondary N) is 1. The number of ether oxygens (including phenoxy) is 1. The smallest absolute Gasteiger partial charge is 0.253 e. The first-order valence-electron chi connectivity index (χ1n) is 10.5. The van der Waals surface area contributed by atoms with E-state index in [2.05, 4.69) is 5.32 Å². The molecule has 3 fully saturated rings. The van der Waals surface area contributed by atoms with Crippen LogP contribution in [0.2, 0.25) is 5.02 Å². The van der Waals surface area contributed by atoms with Gasteiger partial charge in [0.2, 0.25) is 5.91 Å². The normalized spacial score (nSPS) is 25.0. The highest BCUT2D eigenvalue weighted by Gasteiger charge is 2.52. The van der Waals surface area contributed by atoms with Gasteiger partial charge in [-0.25, -0.2) is 0 Å². The van der Waals surface area contributed by atoms with Crippen molar-refractivity contribution in [1.82, 2.24) is 10.2 Å². The highest BCUT2D eigenvalue weighted by molar-refractivity contribution is 6.30. The third kappa shape index (κ3) is 4.06. The number of likely N-dealkylation sites (tertiary alicyclic amines) is 1. The van der Waals surface area contributed by atoms with Crippen LogP contribution in [0, 0.1) is 11.3 Å². The second-order valence-corrected chi connectivity index (χ2v) is 9.00. The van der Waals surface area contributed by atoms with E-state index in [0.29, 0.717) is 36.9 Å². The number of carbonyl (C=O) groups is 2. The molecular weight excluding hydrogens is 376 g/mol. The summed E-state index contributed by atoms with van der Waals surface area (Å²) in [4.78, 5) is 28.2. The summed E-state index contributed by atoms with van der Waals surface area (Å²) in [5.74, 6) is -0.0852. The van der Waals surface area contributed by atoms with Crippen LogP contribution in [-0.4, -0.2) is 49.1 Å². The van der Waals surface area contributed by atoms with Gasteiger partial charge in [0, 0.05) is 48.3 Å². The first-order valence-corrected chi connectivity index (χ1v) is 10.9. The molecular formula is C22H29ClN2O3. The van der Waals surface area contributed by atoms with Crippen molar-refractivity contribution >= 4 is 23.4 Å². The molecule has 152 valence electrons. The van der Waals surface area contributed by atoms with Gasteiger partial charge in [0.05, 0.1) is 5.92 Å². The van der Waals surface area contributed by atoms with Crippen LogP contribution in [0.1, 0.15) is 55.3 Å². The Bertz CT molecular complexity index is 726. The minimum Gasteiger partial charge on any atom is -0.381 e. The summed E-state index contributed by atoms with van der Waals surface area (Å²) in [6.07, 6.45) is 7.44. The van der Waals surface area contributed by atoms with Crippen molar-refractivity contribution in [2.75, 3.05) is 26.3 Å². The van der Waals surface area contributed by atoms with Crippen molar-refractivity contribution in [2.45, 2.75) is 51.0 Å². The van der Waals surface area contributed by atoms with E-state index in [4.69, 9.17) is 16.3 Å². The van der Waals surface area contributed by atoms with Crippen molar-refractivity contribution in [3.63, 3.8) is 0 Å². The van der Waals surface area contributed by atoms with Gasteiger partial charge >= 0.3 is 0 Å². The molecule has 4 rings (SSSR count). The van der Waals surface area contributed by atoms with E-state index in [9.17, 15) is 9.59 Å². The lowest BCUT2D eigenvalue weighted by atomic mass is 9.71. The first-order chi connectivity index (χ1) is 13.6. The maximum Gasteiger partial charge on any atom is 0.253 e. The molecule has 3 aliphatic rings. The second kappa shape index (κ2) is 8.42. The highest BCUT2D eigenvalue weighted by Crippen LogP contribution is 2.45. The van der Waals surface area contributed by atoms with Crippen molar-refractivity contribution in [3.8, 4) is 0 Å². The van der Waals surface area contributed by atoms with E-state index in [1.165, 1.54) is 19.3 Å². The molecule has 0 radical (unpaired) electrons. The van der Waals surface area contributed by atoms with E-state index in [1.54, 1.807) is 24.3 Å². The van der Waals surface area contributed by atoms with Gasteiger partial charge in [-0.2, -0.15) is 0 Å². The van der Waals surface area contributed by atoms with E-state index < -0.39 is 0 Å². The molecule has 2 amide bonds. The maximum absolute atomic E-state index is 13.2. The summed E-state index contributed by atoms with van der Waals surface area (Å²) in [6.45, 7) is 2.41. The third-order valence-corrected chi connectivity index (χ3v) is 7.00. The lowest BCUT2D eigenvalue weighted by Gasteiger charge is -2.37. The Morgan fingerprint density at radius 2 is 1.89 bits per heavy atom. The molecule has 2 heterocycles. The SMILES string of the molecule is O=C(NC1CCCCC1)C1CN(C(=O)c2cccc(Cl)c2)CC12CCOCC2. The Kier molecular flexibility index (Phi) is 5.93. The van der Waals surface area contributed by atoms with Gasteiger partial charge in [0.1, 0.15) is 0 Å². The summed E-state index contributed by atoms with van der Waals surface area (Å²) in [5.41, 5.74) is 0.411. The van der Waals surface area contributed by atoms with Gasteiger partial charge in [0.25, 0.3) is 5.91 Å². The predicted octanol–water partition coefficient (Wildman–Crippen LogP) is 3.66. The van der Waals surface area contributed by atoms with Gasteiger partial charge < -0.3 is 15.0 Å². The van der Waals surface area contributed by atoms with Gasteiger partial charge in [-0.1, -0.05) is 36.9 Å². The van der Waals surface area contributed by atoms with E-state index >= 15 is 0 Å². The van der Waals surface area contributed by atoms with Crippen LogP contribution < -0.4 is 5.32 Å². The molecule has 1 saturated carbocycles. The number of benzene rings is 1. The lowest BCUT2D eigenvalue weighted by molar-refractivity contribution is -0.130. The van der Waals surface area contributed by atoms with Crippen LogP contribution in [0.4, 0.5) is 0 Å². The standard InChI is InChI=1S/C22H29ClN2O3/c23-17-6-4-5-16(13-17)21(27)25-14-19(22(15-25)9-11-28-12-10-22)20(26)24-18-7-2-1-3-8-18/h4-6,13,18-19H,1-3,7-12,14-15H2,(H,24,26). The van der Waals surface area contributed by atoms with Crippen LogP contribution in [0.5, 0.6) is 0 Å². The van der Waals surface area contributed by atoms with Crippen LogP contribution >= 0.6 is 11.6 Å². The summed E-state index contributed by atoms with van der Waals surface area (Å²) in [5, 5.41) is 3.86. The molecule has 1 spiro atoms. The quantitative estimate of drug-likeness (QED) is 0.836. The molecule has 0 bridgehead atoms. The average Bonchev–Trinajstić information content (AvgIpc) is 3.07. The van der Waals surface area contributed by atoms with Gasteiger partial charge in [-0.3, -0.25) is 9.59 Å². The zero-order chi connectivity index (χ0) is 19.6. The molecule has 1 atom stereocenters. The molecule has 1 unspecified atom stereocenters. The molecule has 5 nitrogen and oxygen atoms in total. The topological polar surface area (TPSA) is 58.6 Å². The first kappa shape index (κ1) is 19.7. The Balaban J connectivity index is 1.52. The van der Waals surface area contributed by atoms with Crippen LogP contribution in [-0.2, 0) is 9.53 Å². The molecule has 28 heavy (non-hydrogen) atoms. The lowest BCUT2D eigenvalue weighted by Crippen LogP contribution is -2.47. The second-order valence-electron chi connectivity index (χ2n) is 8.57. The molecule has 0 aromatic heterocycles. The Labute approximate surface area is 171 Å². The molecule has 1 aromatic carbocycles. The highest BCUT2D eigenvalue weighted by atomic mass is 35.5. The molecule has 1 N–H and O–H groups in total. The number of hydrogen-bond acceptors (Lipinski definition) is 3. The monoisotopic (exact) mass is 404 g/mol. The summed E-state index contributed by atoms with van der Waals surface area (Å²) >= 11 is 6.07. The minimum absolute atomic E-state index is 0.0404. The van der Waals surface area contributed by atoms with Crippen molar-refractivity contribution < 1.29 is 14.3 Å². The fraction of sp³-hybridized carbons (Fsp3) is 0.636. The predicted molar refractivity (Wildman–Crippen MR) is 108 cm³/mol. The number of nitrogens with zero attached hydrogens (tertiary/aromatic N) is 1. The van der Waals surface area contributed by atoms with Crippen molar-refractivity contribution in [2.24, 2.45) is 11.3 Å². The van der Waals surface area contributed by atoms with E-state index in [1.807, 2.05) is 4.90 Å². The van der Waals surface area contributed by atoms with E-state index in [0.717, 1.165) is 25.7 Å². The zero-order valence-electron chi connectivity index (χ0n) is 16.3. The average molecular weight is 405 g/mol. The fourth-order valence-corrected chi connectivity index (χ4v) is 5.31. The fourth-order valence-electron chi connectivity index (χ4n) is 5.12. The largest absolute Gasteiger partial charge is 0.381 e. The van der Waals surface area contributed by atoms with Gasteiger partial charge in [-0.15, -0.1) is 0 Å². The Morgan fingerprint density at radius 1 is 1.14 bits per heavy atom. The summed E-state index contributed by atoms with van der Waals surface area (Å²) < 4.78 is 5.58. The number of carbonyl (C=O) groups excluding carboxylic acids is 2. The Hall–Kier alpha value is -1.59.